The molecule has 0 spiro atoms. The third-order valence-corrected chi connectivity index (χ3v) is 6.40. The summed E-state index contributed by atoms with van der Waals surface area (Å²) >= 11 is 0. The van der Waals surface area contributed by atoms with Gasteiger partial charge in [0.2, 0.25) is 0 Å². The first kappa shape index (κ1) is 18.4. The lowest BCUT2D eigenvalue weighted by atomic mass is 9.66. The maximum atomic E-state index is 11.8. The first-order valence-corrected chi connectivity index (χ1v) is 9.90. The zero-order valence-corrected chi connectivity index (χ0v) is 16.2. The number of hydrogen-bond acceptors (Lipinski definition) is 4. The van der Waals surface area contributed by atoms with E-state index in [-0.39, 0.29) is 18.0 Å². The maximum absolute atomic E-state index is 11.8. The molecule has 0 bridgehead atoms. The van der Waals surface area contributed by atoms with Crippen LogP contribution in [0, 0.1) is 35.0 Å². The second kappa shape index (κ2) is 7.59. The Bertz CT molecular complexity index is 942. The number of esters is 1. The molecular formula is C24H24N2O2. The number of aromatic nitrogens is 1. The molecule has 1 aromatic heterocycles. The predicted molar refractivity (Wildman–Crippen MR) is 108 cm³/mol. The average Bonchev–Trinajstić information content (AvgIpc) is 3.08. The second-order valence-corrected chi connectivity index (χ2v) is 8.03. The minimum atomic E-state index is -0.0617. The number of allylic oxidation sites excluding steroid dienone is 1. The molecule has 142 valence electrons. The summed E-state index contributed by atoms with van der Waals surface area (Å²) in [5, 5.41) is 9.29. The van der Waals surface area contributed by atoms with Gasteiger partial charge in [-0.15, -0.1) is 0 Å². The molecular weight excluding hydrogens is 348 g/mol. The van der Waals surface area contributed by atoms with Crippen molar-refractivity contribution in [2.45, 2.75) is 32.8 Å². The number of fused-ring (bicyclic) bond motifs is 1. The molecule has 5 atom stereocenters. The van der Waals surface area contributed by atoms with Gasteiger partial charge >= 0.3 is 5.97 Å². The molecule has 1 aromatic carbocycles. The Morgan fingerprint density at radius 3 is 2.79 bits per heavy atom. The van der Waals surface area contributed by atoms with Crippen LogP contribution in [-0.4, -0.2) is 17.1 Å². The summed E-state index contributed by atoms with van der Waals surface area (Å²) < 4.78 is 5.54. The van der Waals surface area contributed by atoms with Gasteiger partial charge in [0, 0.05) is 23.2 Å². The van der Waals surface area contributed by atoms with Crippen LogP contribution in [-0.2, 0) is 9.53 Å². The summed E-state index contributed by atoms with van der Waals surface area (Å²) in [7, 11) is 0. The van der Waals surface area contributed by atoms with E-state index in [1.807, 2.05) is 42.6 Å². The van der Waals surface area contributed by atoms with Crippen LogP contribution >= 0.6 is 0 Å². The zero-order chi connectivity index (χ0) is 19.7. The van der Waals surface area contributed by atoms with Gasteiger partial charge in [-0.05, 0) is 42.4 Å². The Labute approximate surface area is 165 Å². The number of hydrogen-bond donors (Lipinski definition) is 0. The van der Waals surface area contributed by atoms with Crippen molar-refractivity contribution in [2.75, 3.05) is 0 Å². The van der Waals surface area contributed by atoms with Gasteiger partial charge in [-0.2, -0.15) is 5.26 Å². The van der Waals surface area contributed by atoms with E-state index in [9.17, 15) is 10.1 Å². The highest BCUT2D eigenvalue weighted by Gasteiger charge is 2.46. The summed E-state index contributed by atoms with van der Waals surface area (Å²) in [6.07, 6.45) is 7.63. The van der Waals surface area contributed by atoms with Gasteiger partial charge < -0.3 is 4.74 Å². The van der Waals surface area contributed by atoms with Crippen LogP contribution in [0.3, 0.4) is 0 Å². The van der Waals surface area contributed by atoms with Crippen molar-refractivity contribution in [2.24, 2.45) is 23.7 Å². The lowest BCUT2D eigenvalue weighted by molar-refractivity contribution is -0.142. The minimum Gasteiger partial charge on any atom is -0.462 e. The van der Waals surface area contributed by atoms with Gasteiger partial charge in [0.1, 0.15) is 6.10 Å². The summed E-state index contributed by atoms with van der Waals surface area (Å²) in [6.45, 7) is 4.52. The summed E-state index contributed by atoms with van der Waals surface area (Å²) in [5.74, 6) is 1.57. The fourth-order valence-electron chi connectivity index (χ4n) is 4.61. The highest BCUT2D eigenvalue weighted by atomic mass is 16.5. The topological polar surface area (TPSA) is 63.0 Å². The van der Waals surface area contributed by atoms with Crippen LogP contribution in [0.5, 0.6) is 0 Å². The molecule has 4 heteroatoms. The monoisotopic (exact) mass is 372 g/mol. The van der Waals surface area contributed by atoms with E-state index < -0.39 is 0 Å². The van der Waals surface area contributed by atoms with Crippen molar-refractivity contribution in [3.05, 3.63) is 59.9 Å². The molecule has 1 aliphatic carbocycles. The molecule has 1 saturated carbocycles. The van der Waals surface area contributed by atoms with Gasteiger partial charge in [-0.25, -0.2) is 0 Å². The van der Waals surface area contributed by atoms with Gasteiger partial charge in [-0.3, -0.25) is 9.78 Å². The van der Waals surface area contributed by atoms with Crippen LogP contribution in [0.15, 0.2) is 48.7 Å². The van der Waals surface area contributed by atoms with Gasteiger partial charge in [-0.1, -0.05) is 44.2 Å². The van der Waals surface area contributed by atoms with E-state index in [0.717, 1.165) is 23.2 Å². The van der Waals surface area contributed by atoms with E-state index in [2.05, 4.69) is 37.1 Å². The third kappa shape index (κ3) is 3.45. The van der Waals surface area contributed by atoms with E-state index in [0.29, 0.717) is 29.7 Å². The third-order valence-electron chi connectivity index (χ3n) is 6.40. The number of rotatable bonds is 3. The maximum Gasteiger partial charge on any atom is 0.306 e. The molecule has 2 aromatic rings. The van der Waals surface area contributed by atoms with Crippen LogP contribution in [0.4, 0.5) is 0 Å². The number of nitrogens with zero attached hydrogens (tertiary/aromatic N) is 2. The number of carbonyl (C=O) groups is 1. The molecule has 2 aliphatic rings. The predicted octanol–water partition coefficient (Wildman–Crippen LogP) is 4.86. The molecule has 4 rings (SSSR count). The van der Waals surface area contributed by atoms with E-state index in [1.54, 1.807) is 0 Å². The smallest absolute Gasteiger partial charge is 0.306 e. The van der Waals surface area contributed by atoms with Gasteiger partial charge in [0.25, 0.3) is 0 Å². The first-order valence-electron chi connectivity index (χ1n) is 9.90. The van der Waals surface area contributed by atoms with Crippen molar-refractivity contribution < 1.29 is 9.53 Å². The lowest BCUT2D eigenvalue weighted by Crippen LogP contribution is -2.38. The Kier molecular flexibility index (Phi) is 5.00. The lowest BCUT2D eigenvalue weighted by Gasteiger charge is -2.39. The molecule has 4 nitrogen and oxygen atoms in total. The van der Waals surface area contributed by atoms with E-state index in [4.69, 9.17) is 4.74 Å². The van der Waals surface area contributed by atoms with Crippen molar-refractivity contribution in [3.8, 4) is 17.2 Å². The quantitative estimate of drug-likeness (QED) is 0.722. The highest BCUT2D eigenvalue weighted by molar-refractivity contribution is 5.72. The molecule has 2 heterocycles. The average molecular weight is 372 g/mol. The molecule has 28 heavy (non-hydrogen) atoms. The molecule has 0 amide bonds. The van der Waals surface area contributed by atoms with Crippen LogP contribution in [0.25, 0.3) is 17.2 Å². The van der Waals surface area contributed by atoms with Crippen molar-refractivity contribution in [3.63, 3.8) is 0 Å². The molecule has 0 N–H and O–H groups in total. The summed E-state index contributed by atoms with van der Waals surface area (Å²) in [5.41, 5.74) is 3.36. The Hall–Kier alpha value is -2.93. The fourth-order valence-corrected chi connectivity index (χ4v) is 4.61. The Morgan fingerprint density at radius 1 is 1.21 bits per heavy atom. The first-order chi connectivity index (χ1) is 13.6. The van der Waals surface area contributed by atoms with E-state index >= 15 is 0 Å². The summed E-state index contributed by atoms with van der Waals surface area (Å²) in [6, 6.07) is 13.8. The largest absolute Gasteiger partial charge is 0.462 e. The SMILES string of the molecule is C[C@H]1[C@H](C=Cc2ccc(-c3ccccc3C#N)cn2)[C@H]2CC(=O)O[C@@H]2C[C@@H]1C. The number of pyridine rings is 1. The van der Waals surface area contributed by atoms with Crippen molar-refractivity contribution in [1.82, 2.24) is 4.98 Å². The normalized spacial score (nSPS) is 29.3. The van der Waals surface area contributed by atoms with Crippen molar-refractivity contribution in [1.29, 1.82) is 5.26 Å². The standard InChI is InChI=1S/C24H24N2O2/c1-15-11-23-22(12-24(27)28-23)20(16(15)2)10-9-19-8-7-18(14-26-19)21-6-4-3-5-17(21)13-25/h3-10,14-16,20,22-23H,11-12H2,1-2H3/t15-,16+,20-,22+,23+/m0/s1. The molecule has 1 aliphatic heterocycles. The van der Waals surface area contributed by atoms with Crippen molar-refractivity contribution >= 4 is 12.0 Å². The number of nitriles is 1. The van der Waals surface area contributed by atoms with Crippen LogP contribution in [0.2, 0.25) is 0 Å². The van der Waals surface area contributed by atoms with Crippen LogP contribution in [0.1, 0.15) is 37.9 Å². The molecule has 0 unspecified atom stereocenters. The number of ether oxygens (including phenoxy) is 1. The molecule has 0 radical (unpaired) electrons. The highest BCUT2D eigenvalue weighted by Crippen LogP contribution is 2.45. The molecule has 1 saturated heterocycles. The van der Waals surface area contributed by atoms with Crippen LogP contribution < -0.4 is 0 Å². The van der Waals surface area contributed by atoms with Gasteiger partial charge in [0.05, 0.1) is 23.7 Å². The Balaban J connectivity index is 1.54. The second-order valence-electron chi connectivity index (χ2n) is 8.03. The minimum absolute atomic E-state index is 0.0613. The number of carbonyl (C=O) groups excluding carboxylic acids is 1. The molecule has 2 fully saturated rings. The fraction of sp³-hybridized carbons (Fsp3) is 0.375. The summed E-state index contributed by atoms with van der Waals surface area (Å²) in [4.78, 5) is 16.4. The van der Waals surface area contributed by atoms with E-state index in [1.165, 1.54) is 0 Å². The zero-order valence-electron chi connectivity index (χ0n) is 16.2. The number of benzene rings is 1. The Morgan fingerprint density at radius 2 is 2.04 bits per heavy atom. The van der Waals surface area contributed by atoms with Gasteiger partial charge in [0.15, 0.2) is 0 Å².